The van der Waals surface area contributed by atoms with E-state index in [-0.39, 0.29) is 23.5 Å². The molecule has 20 heavy (non-hydrogen) atoms. The standard InChI is InChI=1S/C15H28O5/c1-3-5-14(7-16,6-4-2)13-15(10-19-12-20-13)8-17-11-18-9-15/h13,16H,3-12H2,1-2H3. The molecule has 0 amide bonds. The number of aliphatic hydroxyl groups excluding tert-OH is 1. The van der Waals surface area contributed by atoms with Gasteiger partial charge in [-0.05, 0) is 12.8 Å². The van der Waals surface area contributed by atoms with E-state index in [9.17, 15) is 5.11 Å². The molecule has 2 rings (SSSR count). The van der Waals surface area contributed by atoms with Gasteiger partial charge >= 0.3 is 0 Å². The Morgan fingerprint density at radius 3 is 2.05 bits per heavy atom. The first-order valence-corrected chi connectivity index (χ1v) is 7.69. The fourth-order valence-corrected chi connectivity index (χ4v) is 3.89. The Hall–Kier alpha value is -0.200. The zero-order valence-corrected chi connectivity index (χ0v) is 12.7. The summed E-state index contributed by atoms with van der Waals surface area (Å²) in [4.78, 5) is 0. The lowest BCUT2D eigenvalue weighted by molar-refractivity contribution is -0.304. The van der Waals surface area contributed by atoms with Crippen LogP contribution in [0.15, 0.2) is 0 Å². The van der Waals surface area contributed by atoms with Gasteiger partial charge in [0.25, 0.3) is 0 Å². The number of rotatable bonds is 6. The molecule has 0 bridgehead atoms. The summed E-state index contributed by atoms with van der Waals surface area (Å²) in [5.41, 5.74) is -0.513. The second kappa shape index (κ2) is 7.18. The van der Waals surface area contributed by atoms with Crippen molar-refractivity contribution < 1.29 is 24.1 Å². The molecule has 2 aliphatic rings. The average Bonchev–Trinajstić information content (AvgIpc) is 2.48. The molecule has 2 saturated heterocycles. The highest BCUT2D eigenvalue weighted by atomic mass is 16.7. The van der Waals surface area contributed by atoms with Crippen LogP contribution in [0.5, 0.6) is 0 Å². The molecule has 1 spiro atoms. The molecule has 0 aromatic carbocycles. The minimum Gasteiger partial charge on any atom is -0.396 e. The van der Waals surface area contributed by atoms with Crippen molar-refractivity contribution in [3.05, 3.63) is 0 Å². The summed E-state index contributed by atoms with van der Waals surface area (Å²) in [6.07, 6.45) is 3.88. The Labute approximate surface area is 121 Å². The van der Waals surface area contributed by atoms with Crippen molar-refractivity contribution in [1.29, 1.82) is 0 Å². The van der Waals surface area contributed by atoms with Crippen molar-refractivity contribution in [2.45, 2.75) is 45.6 Å². The fraction of sp³-hybridized carbons (Fsp3) is 1.00. The largest absolute Gasteiger partial charge is 0.396 e. The zero-order valence-electron chi connectivity index (χ0n) is 12.7. The predicted molar refractivity (Wildman–Crippen MR) is 74.2 cm³/mol. The fourth-order valence-electron chi connectivity index (χ4n) is 3.89. The summed E-state index contributed by atoms with van der Waals surface area (Å²) in [6, 6.07) is 0. The van der Waals surface area contributed by atoms with Gasteiger partial charge in [0.05, 0.1) is 37.9 Å². The molecule has 2 fully saturated rings. The third kappa shape index (κ3) is 3.02. The molecule has 0 aromatic heterocycles. The number of ether oxygens (including phenoxy) is 4. The number of hydrogen-bond acceptors (Lipinski definition) is 5. The molecule has 1 unspecified atom stereocenters. The topological polar surface area (TPSA) is 57.2 Å². The van der Waals surface area contributed by atoms with Crippen LogP contribution in [0.4, 0.5) is 0 Å². The summed E-state index contributed by atoms with van der Waals surface area (Å²) < 4.78 is 22.6. The Balaban J connectivity index is 2.26. The van der Waals surface area contributed by atoms with Gasteiger partial charge < -0.3 is 24.1 Å². The maximum atomic E-state index is 10.1. The first-order chi connectivity index (χ1) is 9.73. The van der Waals surface area contributed by atoms with Gasteiger partial charge in [0.1, 0.15) is 13.6 Å². The monoisotopic (exact) mass is 288 g/mol. The maximum Gasteiger partial charge on any atom is 0.147 e. The minimum absolute atomic E-state index is 0.0750. The lowest BCUT2D eigenvalue weighted by Gasteiger charge is -2.52. The molecule has 1 atom stereocenters. The van der Waals surface area contributed by atoms with E-state index in [1.807, 2.05) is 0 Å². The van der Waals surface area contributed by atoms with Gasteiger partial charge in [-0.25, -0.2) is 0 Å². The third-order valence-electron chi connectivity index (χ3n) is 4.58. The van der Waals surface area contributed by atoms with E-state index < -0.39 is 0 Å². The summed E-state index contributed by atoms with van der Waals surface area (Å²) in [6.45, 7) is 6.80. The molecule has 118 valence electrons. The molecule has 2 heterocycles. The highest BCUT2D eigenvalue weighted by Gasteiger charge is 2.54. The van der Waals surface area contributed by atoms with Crippen LogP contribution in [0, 0.1) is 10.8 Å². The van der Waals surface area contributed by atoms with Gasteiger partial charge in [-0.3, -0.25) is 0 Å². The Bertz CT molecular complexity index is 274. The Morgan fingerprint density at radius 1 is 1.00 bits per heavy atom. The first-order valence-electron chi connectivity index (χ1n) is 7.69. The predicted octanol–water partition coefficient (Wildman–Crippen LogP) is 1.93. The molecule has 2 aliphatic heterocycles. The van der Waals surface area contributed by atoms with Crippen LogP contribution < -0.4 is 0 Å². The summed E-state index contributed by atoms with van der Waals surface area (Å²) in [5, 5.41) is 10.1. The molecule has 0 saturated carbocycles. The highest BCUT2D eigenvalue weighted by molar-refractivity contribution is 5.01. The van der Waals surface area contributed by atoms with Gasteiger partial charge in [-0.2, -0.15) is 0 Å². The summed E-state index contributed by atoms with van der Waals surface area (Å²) in [7, 11) is 0. The number of aliphatic hydroxyl groups is 1. The molecule has 0 radical (unpaired) electrons. The second-order valence-electron chi connectivity index (χ2n) is 6.21. The summed E-state index contributed by atoms with van der Waals surface area (Å²) in [5.74, 6) is 0. The lowest BCUT2D eigenvalue weighted by atomic mass is 9.64. The quantitative estimate of drug-likeness (QED) is 0.809. The molecular formula is C15H28O5. The van der Waals surface area contributed by atoms with E-state index in [2.05, 4.69) is 13.8 Å². The van der Waals surface area contributed by atoms with Gasteiger partial charge in [0, 0.05) is 5.41 Å². The van der Waals surface area contributed by atoms with Crippen LogP contribution in [0.3, 0.4) is 0 Å². The SMILES string of the molecule is CCCC(CO)(CCC)C1OCOCC12COCOC2. The van der Waals surface area contributed by atoms with Crippen molar-refractivity contribution in [2.24, 2.45) is 10.8 Å². The van der Waals surface area contributed by atoms with Crippen LogP contribution in [0.2, 0.25) is 0 Å². The van der Waals surface area contributed by atoms with Gasteiger partial charge in [-0.15, -0.1) is 0 Å². The van der Waals surface area contributed by atoms with Gasteiger partial charge in [0.2, 0.25) is 0 Å². The van der Waals surface area contributed by atoms with E-state index in [1.165, 1.54) is 0 Å². The van der Waals surface area contributed by atoms with Crippen LogP contribution in [0.25, 0.3) is 0 Å². The van der Waals surface area contributed by atoms with E-state index in [0.717, 1.165) is 25.7 Å². The lowest BCUT2D eigenvalue weighted by Crippen LogP contribution is -2.61. The molecule has 1 N–H and O–H groups in total. The van der Waals surface area contributed by atoms with Crippen molar-refractivity contribution in [1.82, 2.24) is 0 Å². The molecule has 5 nitrogen and oxygen atoms in total. The maximum absolute atomic E-state index is 10.1. The Morgan fingerprint density at radius 2 is 1.55 bits per heavy atom. The average molecular weight is 288 g/mol. The van der Waals surface area contributed by atoms with Gasteiger partial charge in [0.15, 0.2) is 0 Å². The molecule has 0 aliphatic carbocycles. The van der Waals surface area contributed by atoms with Crippen LogP contribution in [-0.4, -0.2) is 51.2 Å². The molecular weight excluding hydrogens is 260 g/mol. The third-order valence-corrected chi connectivity index (χ3v) is 4.58. The molecule has 0 aromatic rings. The molecule has 5 heteroatoms. The van der Waals surface area contributed by atoms with E-state index in [1.54, 1.807) is 0 Å². The number of hydrogen-bond donors (Lipinski definition) is 1. The minimum atomic E-state index is -0.288. The van der Waals surface area contributed by atoms with Crippen molar-refractivity contribution in [3.8, 4) is 0 Å². The van der Waals surface area contributed by atoms with Crippen LogP contribution in [0.1, 0.15) is 39.5 Å². The Kier molecular flexibility index (Phi) is 5.81. The van der Waals surface area contributed by atoms with E-state index in [4.69, 9.17) is 18.9 Å². The summed E-state index contributed by atoms with van der Waals surface area (Å²) >= 11 is 0. The highest BCUT2D eigenvalue weighted by Crippen LogP contribution is 2.46. The van der Waals surface area contributed by atoms with Crippen molar-refractivity contribution >= 4 is 0 Å². The second-order valence-corrected chi connectivity index (χ2v) is 6.21. The zero-order chi connectivity index (χ0) is 14.5. The van der Waals surface area contributed by atoms with E-state index in [0.29, 0.717) is 33.4 Å². The smallest absolute Gasteiger partial charge is 0.147 e. The van der Waals surface area contributed by atoms with Crippen LogP contribution in [-0.2, 0) is 18.9 Å². The van der Waals surface area contributed by atoms with Gasteiger partial charge in [-0.1, -0.05) is 26.7 Å². The van der Waals surface area contributed by atoms with E-state index >= 15 is 0 Å². The van der Waals surface area contributed by atoms with Crippen LogP contribution >= 0.6 is 0 Å². The first kappa shape index (κ1) is 16.2. The normalized spacial score (nSPS) is 26.9. The van der Waals surface area contributed by atoms with Crippen molar-refractivity contribution in [2.75, 3.05) is 40.0 Å². The van der Waals surface area contributed by atoms with Crippen molar-refractivity contribution in [3.63, 3.8) is 0 Å².